The highest BCUT2D eigenvalue weighted by atomic mass is 35.5. The van der Waals surface area contributed by atoms with Crippen molar-refractivity contribution >= 4 is 11.6 Å². The molecule has 2 aromatic rings. The van der Waals surface area contributed by atoms with E-state index in [1.807, 2.05) is 22.9 Å². The predicted octanol–water partition coefficient (Wildman–Crippen LogP) is 3.16. The van der Waals surface area contributed by atoms with E-state index in [1.165, 1.54) is 0 Å². The van der Waals surface area contributed by atoms with Crippen molar-refractivity contribution < 1.29 is 4.74 Å². The van der Waals surface area contributed by atoms with Gasteiger partial charge in [-0.3, -0.25) is 4.68 Å². The summed E-state index contributed by atoms with van der Waals surface area (Å²) >= 11 is 6.12. The Morgan fingerprint density at radius 3 is 2.80 bits per heavy atom. The van der Waals surface area contributed by atoms with E-state index in [0.29, 0.717) is 18.2 Å². The smallest absolute Gasteiger partial charge is 0.130 e. The average Bonchev–Trinajstić information content (AvgIpc) is 2.87. The van der Waals surface area contributed by atoms with Crippen molar-refractivity contribution in [1.29, 1.82) is 0 Å². The zero-order valence-electron chi connectivity index (χ0n) is 11.9. The van der Waals surface area contributed by atoms with E-state index in [0.717, 1.165) is 35.7 Å². The van der Waals surface area contributed by atoms with E-state index in [1.54, 1.807) is 0 Å². The van der Waals surface area contributed by atoms with Crippen molar-refractivity contribution in [3.8, 4) is 5.75 Å². The van der Waals surface area contributed by atoms with Gasteiger partial charge in [0.15, 0.2) is 0 Å². The normalized spacial score (nSPS) is 10.8. The molecule has 0 bridgehead atoms. The lowest BCUT2D eigenvalue weighted by atomic mass is 10.2. The van der Waals surface area contributed by atoms with Crippen LogP contribution in [0.1, 0.15) is 30.8 Å². The van der Waals surface area contributed by atoms with Gasteiger partial charge in [0.1, 0.15) is 12.4 Å². The Morgan fingerprint density at radius 1 is 1.35 bits per heavy atom. The van der Waals surface area contributed by atoms with Crippen molar-refractivity contribution in [2.45, 2.75) is 40.0 Å². The largest absolute Gasteiger partial charge is 0.487 e. The second kappa shape index (κ2) is 6.77. The van der Waals surface area contributed by atoms with Crippen LogP contribution in [0.3, 0.4) is 0 Å². The molecular formula is C15H20ClN3O. The molecule has 0 unspecified atom stereocenters. The summed E-state index contributed by atoms with van der Waals surface area (Å²) in [5.41, 5.74) is 8.70. The third-order valence-corrected chi connectivity index (χ3v) is 3.59. The van der Waals surface area contributed by atoms with E-state index in [-0.39, 0.29) is 0 Å². The zero-order chi connectivity index (χ0) is 14.5. The summed E-state index contributed by atoms with van der Waals surface area (Å²) in [5.74, 6) is 0.738. The molecule has 0 aliphatic heterocycles. The Hall–Kier alpha value is -1.52. The first-order chi connectivity index (χ1) is 9.69. The lowest BCUT2D eigenvalue weighted by Gasteiger charge is -2.12. The van der Waals surface area contributed by atoms with Gasteiger partial charge in [-0.25, -0.2) is 0 Å². The first-order valence-electron chi connectivity index (χ1n) is 6.85. The Bertz CT molecular complexity index is 580. The highest BCUT2D eigenvalue weighted by Crippen LogP contribution is 2.26. The zero-order valence-corrected chi connectivity index (χ0v) is 12.7. The van der Waals surface area contributed by atoms with Gasteiger partial charge in [-0.1, -0.05) is 24.6 Å². The number of ether oxygens (including phenoxy) is 1. The van der Waals surface area contributed by atoms with Crippen LogP contribution in [0.2, 0.25) is 5.02 Å². The molecule has 0 saturated heterocycles. The van der Waals surface area contributed by atoms with Gasteiger partial charge in [0, 0.05) is 23.7 Å². The number of hydrogen-bond donors (Lipinski definition) is 1. The van der Waals surface area contributed by atoms with Crippen LogP contribution in [-0.4, -0.2) is 9.78 Å². The number of nitrogens with zero attached hydrogens (tertiary/aromatic N) is 2. The summed E-state index contributed by atoms with van der Waals surface area (Å²) in [5, 5.41) is 5.15. The van der Waals surface area contributed by atoms with Gasteiger partial charge in [0.2, 0.25) is 0 Å². The van der Waals surface area contributed by atoms with E-state index in [2.05, 4.69) is 25.0 Å². The highest BCUT2D eigenvalue weighted by Gasteiger charge is 2.10. The lowest BCUT2D eigenvalue weighted by Crippen LogP contribution is -2.08. The molecule has 0 atom stereocenters. The molecule has 5 heteroatoms. The Labute approximate surface area is 124 Å². The maximum Gasteiger partial charge on any atom is 0.130 e. The summed E-state index contributed by atoms with van der Waals surface area (Å²) in [6.07, 6.45) is 0.922. The van der Waals surface area contributed by atoms with E-state index in [9.17, 15) is 0 Å². The van der Waals surface area contributed by atoms with Crippen LogP contribution in [0, 0.1) is 0 Å². The second-order valence-corrected chi connectivity index (χ2v) is 4.91. The molecule has 2 rings (SSSR count). The average molecular weight is 294 g/mol. The first kappa shape index (κ1) is 14.9. The van der Waals surface area contributed by atoms with Crippen molar-refractivity contribution in [3.05, 3.63) is 46.2 Å². The molecule has 0 spiro atoms. The number of aromatic nitrogens is 2. The van der Waals surface area contributed by atoms with Gasteiger partial charge in [-0.05, 0) is 31.5 Å². The number of aryl methyl sites for hydroxylation is 2. The number of halogens is 1. The van der Waals surface area contributed by atoms with Crippen LogP contribution in [0.15, 0.2) is 24.3 Å². The Balaban J connectivity index is 2.16. The molecule has 0 aliphatic carbocycles. The van der Waals surface area contributed by atoms with Gasteiger partial charge in [0.25, 0.3) is 0 Å². The minimum absolute atomic E-state index is 0.363. The molecule has 4 nitrogen and oxygen atoms in total. The van der Waals surface area contributed by atoms with Crippen molar-refractivity contribution in [2.24, 2.45) is 5.73 Å². The fourth-order valence-corrected chi connectivity index (χ4v) is 2.34. The molecule has 1 aromatic carbocycles. The second-order valence-electron chi connectivity index (χ2n) is 4.51. The maximum atomic E-state index is 6.12. The highest BCUT2D eigenvalue weighted by molar-refractivity contribution is 6.31. The summed E-state index contributed by atoms with van der Waals surface area (Å²) in [6.45, 7) is 5.82. The van der Waals surface area contributed by atoms with Gasteiger partial charge in [0.05, 0.1) is 11.4 Å². The summed E-state index contributed by atoms with van der Waals surface area (Å²) in [4.78, 5) is 0. The number of rotatable bonds is 6. The molecule has 0 radical (unpaired) electrons. The summed E-state index contributed by atoms with van der Waals surface area (Å²) in [6, 6.07) is 7.66. The predicted molar refractivity (Wildman–Crippen MR) is 81.0 cm³/mol. The quantitative estimate of drug-likeness (QED) is 0.890. The SMILES string of the molecule is CCc1cc(COc2cccc(Cl)c2CN)n(CC)n1. The monoisotopic (exact) mass is 293 g/mol. The minimum atomic E-state index is 0.363. The van der Waals surface area contributed by atoms with E-state index >= 15 is 0 Å². The van der Waals surface area contributed by atoms with Gasteiger partial charge in [-0.15, -0.1) is 0 Å². The van der Waals surface area contributed by atoms with E-state index in [4.69, 9.17) is 22.1 Å². The van der Waals surface area contributed by atoms with Crippen LogP contribution in [0.4, 0.5) is 0 Å². The summed E-state index contributed by atoms with van der Waals surface area (Å²) < 4.78 is 7.83. The van der Waals surface area contributed by atoms with Crippen molar-refractivity contribution in [1.82, 2.24) is 9.78 Å². The van der Waals surface area contributed by atoms with Gasteiger partial charge >= 0.3 is 0 Å². The van der Waals surface area contributed by atoms with Crippen LogP contribution in [0.5, 0.6) is 5.75 Å². The summed E-state index contributed by atoms with van der Waals surface area (Å²) in [7, 11) is 0. The van der Waals surface area contributed by atoms with Crippen LogP contribution in [-0.2, 0) is 26.1 Å². The lowest BCUT2D eigenvalue weighted by molar-refractivity contribution is 0.289. The topological polar surface area (TPSA) is 53.1 Å². The molecule has 1 heterocycles. The Morgan fingerprint density at radius 2 is 2.15 bits per heavy atom. The van der Waals surface area contributed by atoms with Crippen LogP contribution < -0.4 is 10.5 Å². The number of nitrogens with two attached hydrogens (primary N) is 1. The minimum Gasteiger partial charge on any atom is -0.487 e. The van der Waals surface area contributed by atoms with Crippen molar-refractivity contribution in [3.63, 3.8) is 0 Å². The number of hydrogen-bond acceptors (Lipinski definition) is 3. The Kier molecular flexibility index (Phi) is 5.04. The number of benzene rings is 1. The van der Waals surface area contributed by atoms with Gasteiger partial charge < -0.3 is 10.5 Å². The third-order valence-electron chi connectivity index (χ3n) is 3.23. The molecule has 20 heavy (non-hydrogen) atoms. The van der Waals surface area contributed by atoms with Gasteiger partial charge in [-0.2, -0.15) is 5.10 Å². The molecule has 1 aromatic heterocycles. The molecule has 108 valence electrons. The molecule has 2 N–H and O–H groups in total. The third kappa shape index (κ3) is 3.14. The fraction of sp³-hybridized carbons (Fsp3) is 0.400. The first-order valence-corrected chi connectivity index (χ1v) is 7.23. The molecule has 0 fully saturated rings. The van der Waals surface area contributed by atoms with Crippen LogP contribution >= 0.6 is 11.6 Å². The van der Waals surface area contributed by atoms with E-state index < -0.39 is 0 Å². The fourth-order valence-electron chi connectivity index (χ4n) is 2.10. The molecular weight excluding hydrogens is 274 g/mol. The molecule has 0 aliphatic rings. The van der Waals surface area contributed by atoms with Crippen LogP contribution in [0.25, 0.3) is 0 Å². The standard InChI is InChI=1S/C15H20ClN3O/c1-3-11-8-12(19(4-2)18-11)10-20-15-7-5-6-14(16)13(15)9-17/h5-8H,3-4,9-10,17H2,1-2H3. The maximum absolute atomic E-state index is 6.12. The molecule has 0 amide bonds. The molecule has 0 saturated carbocycles. The van der Waals surface area contributed by atoms with Crippen molar-refractivity contribution in [2.75, 3.05) is 0 Å².